The van der Waals surface area contributed by atoms with Crippen LogP contribution >= 0.6 is 0 Å². The zero-order valence-corrected chi connectivity index (χ0v) is 10.9. The summed E-state index contributed by atoms with van der Waals surface area (Å²) in [6.45, 7) is 0.421. The molecule has 1 heterocycles. The van der Waals surface area contributed by atoms with E-state index in [0.717, 1.165) is 22.7 Å². The van der Waals surface area contributed by atoms with Gasteiger partial charge in [-0.2, -0.15) is 0 Å². The van der Waals surface area contributed by atoms with Crippen LogP contribution in [0.4, 0.5) is 8.78 Å². The lowest BCUT2D eigenvalue weighted by atomic mass is 10.2. The average Bonchev–Trinajstić information content (AvgIpc) is 2.78. The fourth-order valence-electron chi connectivity index (χ4n) is 2.28. The highest BCUT2D eigenvalue weighted by Gasteiger charge is 2.16. The van der Waals surface area contributed by atoms with Crippen LogP contribution in [-0.4, -0.2) is 9.55 Å². The number of nitrogens with two attached hydrogens (primary N) is 1. The molecule has 0 aliphatic heterocycles. The summed E-state index contributed by atoms with van der Waals surface area (Å²) >= 11 is 0. The van der Waals surface area contributed by atoms with Crippen molar-refractivity contribution in [2.45, 2.75) is 6.54 Å². The molecular formula is C15H13F2N3. The van der Waals surface area contributed by atoms with E-state index in [2.05, 4.69) is 4.98 Å². The molecule has 3 rings (SSSR count). The van der Waals surface area contributed by atoms with Crippen molar-refractivity contribution < 1.29 is 8.78 Å². The van der Waals surface area contributed by atoms with Gasteiger partial charge in [0.1, 0.15) is 5.82 Å². The SMILES string of the molecule is Cn1c(-c2cccc(F)c2F)nc2ccc(CN)cc21. The summed E-state index contributed by atoms with van der Waals surface area (Å²) < 4.78 is 29.0. The fourth-order valence-corrected chi connectivity index (χ4v) is 2.28. The lowest BCUT2D eigenvalue weighted by molar-refractivity contribution is 0.510. The maximum absolute atomic E-state index is 13.9. The molecule has 1 aromatic heterocycles. The maximum Gasteiger partial charge on any atom is 0.169 e. The third-order valence-electron chi connectivity index (χ3n) is 3.37. The smallest absolute Gasteiger partial charge is 0.169 e. The molecule has 0 radical (unpaired) electrons. The number of nitrogens with zero attached hydrogens (tertiary/aromatic N) is 2. The second-order valence-corrected chi connectivity index (χ2v) is 4.62. The number of hydrogen-bond donors (Lipinski definition) is 1. The van der Waals surface area contributed by atoms with Crippen LogP contribution in [0.1, 0.15) is 5.56 Å². The van der Waals surface area contributed by atoms with E-state index in [9.17, 15) is 8.78 Å². The third kappa shape index (κ3) is 1.87. The Morgan fingerprint density at radius 3 is 2.75 bits per heavy atom. The molecule has 2 N–H and O–H groups in total. The Kier molecular flexibility index (Phi) is 2.99. The zero-order chi connectivity index (χ0) is 14.3. The Balaban J connectivity index is 2.27. The molecule has 0 bridgehead atoms. The first-order chi connectivity index (χ1) is 9.61. The zero-order valence-electron chi connectivity index (χ0n) is 10.9. The van der Waals surface area contributed by atoms with Crippen molar-refractivity contribution in [3.05, 3.63) is 53.6 Å². The molecular weight excluding hydrogens is 260 g/mol. The molecule has 3 nitrogen and oxygen atoms in total. The Morgan fingerprint density at radius 1 is 1.20 bits per heavy atom. The van der Waals surface area contributed by atoms with Gasteiger partial charge in [-0.25, -0.2) is 13.8 Å². The molecule has 0 aliphatic carbocycles. The summed E-state index contributed by atoms with van der Waals surface area (Å²) in [4.78, 5) is 4.38. The van der Waals surface area contributed by atoms with Crippen molar-refractivity contribution >= 4 is 11.0 Å². The first kappa shape index (κ1) is 12.7. The van der Waals surface area contributed by atoms with Gasteiger partial charge >= 0.3 is 0 Å². The van der Waals surface area contributed by atoms with Gasteiger partial charge < -0.3 is 10.3 Å². The normalized spacial score (nSPS) is 11.2. The molecule has 0 saturated carbocycles. The second-order valence-electron chi connectivity index (χ2n) is 4.62. The standard InChI is InChI=1S/C15H13F2N3/c1-20-13-7-9(8-18)5-6-12(13)19-15(20)10-3-2-4-11(16)14(10)17/h2-7H,8,18H2,1H3. The summed E-state index contributed by atoms with van der Waals surface area (Å²) in [5.74, 6) is -1.37. The molecule has 0 spiro atoms. The van der Waals surface area contributed by atoms with Crippen LogP contribution in [0.2, 0.25) is 0 Å². The monoisotopic (exact) mass is 273 g/mol. The number of benzene rings is 2. The van der Waals surface area contributed by atoms with Crippen molar-refractivity contribution in [1.82, 2.24) is 9.55 Å². The summed E-state index contributed by atoms with van der Waals surface area (Å²) in [6.07, 6.45) is 0. The van der Waals surface area contributed by atoms with E-state index in [1.165, 1.54) is 12.1 Å². The van der Waals surface area contributed by atoms with Gasteiger partial charge in [0.15, 0.2) is 11.6 Å². The number of rotatable bonds is 2. The largest absolute Gasteiger partial charge is 0.327 e. The van der Waals surface area contributed by atoms with E-state index in [1.54, 1.807) is 11.6 Å². The maximum atomic E-state index is 13.9. The topological polar surface area (TPSA) is 43.8 Å². The third-order valence-corrected chi connectivity index (χ3v) is 3.37. The predicted octanol–water partition coefficient (Wildman–Crippen LogP) is 2.98. The summed E-state index contributed by atoms with van der Waals surface area (Å²) in [5.41, 5.74) is 8.29. The van der Waals surface area contributed by atoms with Crippen molar-refractivity contribution in [2.75, 3.05) is 0 Å². The van der Waals surface area contributed by atoms with Gasteiger partial charge in [-0.1, -0.05) is 12.1 Å². The minimum Gasteiger partial charge on any atom is -0.327 e. The minimum atomic E-state index is -0.884. The number of halogens is 2. The molecule has 0 atom stereocenters. The number of fused-ring (bicyclic) bond motifs is 1. The lowest BCUT2D eigenvalue weighted by Crippen LogP contribution is -1.98. The van der Waals surface area contributed by atoms with Crippen molar-refractivity contribution in [1.29, 1.82) is 0 Å². The average molecular weight is 273 g/mol. The Morgan fingerprint density at radius 2 is 2.00 bits per heavy atom. The Hall–Kier alpha value is -2.27. The van der Waals surface area contributed by atoms with Crippen LogP contribution in [0.15, 0.2) is 36.4 Å². The van der Waals surface area contributed by atoms with E-state index in [1.807, 2.05) is 18.2 Å². The molecule has 0 unspecified atom stereocenters. The number of aryl methyl sites for hydroxylation is 1. The van der Waals surface area contributed by atoms with E-state index >= 15 is 0 Å². The number of hydrogen-bond acceptors (Lipinski definition) is 2. The van der Waals surface area contributed by atoms with Gasteiger partial charge in [-0.3, -0.25) is 0 Å². The molecule has 5 heteroatoms. The van der Waals surface area contributed by atoms with E-state index < -0.39 is 11.6 Å². The molecule has 0 aliphatic rings. The van der Waals surface area contributed by atoms with Crippen LogP contribution in [0.3, 0.4) is 0 Å². The number of aromatic nitrogens is 2. The van der Waals surface area contributed by atoms with Gasteiger partial charge in [-0.15, -0.1) is 0 Å². The minimum absolute atomic E-state index is 0.151. The van der Waals surface area contributed by atoms with Crippen LogP contribution in [-0.2, 0) is 13.6 Å². The first-order valence-electron chi connectivity index (χ1n) is 6.21. The first-order valence-corrected chi connectivity index (χ1v) is 6.21. The van der Waals surface area contributed by atoms with Gasteiger partial charge in [0.2, 0.25) is 0 Å². The van der Waals surface area contributed by atoms with Crippen LogP contribution in [0.5, 0.6) is 0 Å². The van der Waals surface area contributed by atoms with E-state index in [0.29, 0.717) is 12.4 Å². The van der Waals surface area contributed by atoms with Crippen molar-refractivity contribution in [3.8, 4) is 11.4 Å². The number of imidazole rings is 1. The fraction of sp³-hybridized carbons (Fsp3) is 0.133. The van der Waals surface area contributed by atoms with Gasteiger partial charge in [0, 0.05) is 13.6 Å². The quantitative estimate of drug-likeness (QED) is 0.780. The highest BCUT2D eigenvalue weighted by Crippen LogP contribution is 2.27. The van der Waals surface area contributed by atoms with Crippen molar-refractivity contribution in [2.24, 2.45) is 12.8 Å². The Bertz CT molecular complexity index is 793. The van der Waals surface area contributed by atoms with Gasteiger partial charge in [0.05, 0.1) is 16.6 Å². The lowest BCUT2D eigenvalue weighted by Gasteiger charge is -2.04. The second kappa shape index (κ2) is 4.68. The summed E-state index contributed by atoms with van der Waals surface area (Å²) in [6, 6.07) is 9.69. The molecule has 0 amide bonds. The molecule has 0 saturated heterocycles. The highest BCUT2D eigenvalue weighted by molar-refractivity contribution is 5.81. The Labute approximate surface area is 114 Å². The van der Waals surface area contributed by atoms with Crippen LogP contribution < -0.4 is 5.73 Å². The predicted molar refractivity (Wildman–Crippen MR) is 74.0 cm³/mol. The van der Waals surface area contributed by atoms with Crippen LogP contribution in [0.25, 0.3) is 22.4 Å². The van der Waals surface area contributed by atoms with Gasteiger partial charge in [0.25, 0.3) is 0 Å². The summed E-state index contributed by atoms with van der Waals surface area (Å²) in [5, 5.41) is 0. The molecule has 3 aromatic rings. The van der Waals surface area contributed by atoms with E-state index in [-0.39, 0.29) is 5.56 Å². The van der Waals surface area contributed by atoms with Crippen molar-refractivity contribution in [3.63, 3.8) is 0 Å². The van der Waals surface area contributed by atoms with Gasteiger partial charge in [-0.05, 0) is 29.8 Å². The molecule has 20 heavy (non-hydrogen) atoms. The van der Waals surface area contributed by atoms with E-state index in [4.69, 9.17) is 5.73 Å². The highest BCUT2D eigenvalue weighted by atomic mass is 19.2. The molecule has 2 aromatic carbocycles. The molecule has 0 fully saturated rings. The molecule has 102 valence electrons. The van der Waals surface area contributed by atoms with Crippen LogP contribution in [0, 0.1) is 11.6 Å². The summed E-state index contributed by atoms with van der Waals surface area (Å²) in [7, 11) is 1.77.